The van der Waals surface area contributed by atoms with Gasteiger partial charge in [0.25, 0.3) is 0 Å². The van der Waals surface area contributed by atoms with Crippen molar-refractivity contribution in [3.63, 3.8) is 0 Å². The Balaban J connectivity index is 1.57. The minimum Gasteiger partial charge on any atom is -0.497 e. The molecule has 1 aliphatic rings. The van der Waals surface area contributed by atoms with Crippen molar-refractivity contribution in [2.24, 2.45) is 0 Å². The number of hydrogen-bond acceptors (Lipinski definition) is 3. The third-order valence-electron chi connectivity index (χ3n) is 4.14. The molecule has 3 rings (SSSR count). The van der Waals surface area contributed by atoms with Gasteiger partial charge in [0.1, 0.15) is 11.5 Å². The van der Waals surface area contributed by atoms with E-state index in [1.54, 1.807) is 14.2 Å². The lowest BCUT2D eigenvalue weighted by Crippen LogP contribution is -2.33. The van der Waals surface area contributed by atoms with Crippen LogP contribution in [0.2, 0.25) is 0 Å². The van der Waals surface area contributed by atoms with Crippen LogP contribution in [0.4, 0.5) is 5.69 Å². The minimum absolute atomic E-state index is 0.535. The van der Waals surface area contributed by atoms with Crippen LogP contribution in [0.3, 0.4) is 0 Å². The van der Waals surface area contributed by atoms with E-state index in [-0.39, 0.29) is 0 Å². The van der Waals surface area contributed by atoms with Gasteiger partial charge in [-0.25, -0.2) is 0 Å². The molecule has 3 heteroatoms. The number of nitrogens with one attached hydrogen (secondary N) is 1. The average molecular weight is 283 g/mol. The zero-order valence-corrected chi connectivity index (χ0v) is 12.5. The van der Waals surface area contributed by atoms with Gasteiger partial charge < -0.3 is 14.8 Å². The first-order valence-electron chi connectivity index (χ1n) is 7.33. The molecule has 1 N–H and O–H groups in total. The number of hydrogen-bond donors (Lipinski definition) is 1. The number of benzene rings is 2. The predicted molar refractivity (Wildman–Crippen MR) is 85.4 cm³/mol. The first-order chi connectivity index (χ1) is 10.3. The van der Waals surface area contributed by atoms with Gasteiger partial charge in [-0.1, -0.05) is 18.2 Å². The molecular weight excluding hydrogens is 262 g/mol. The fraction of sp³-hybridized carbons (Fsp3) is 0.333. The zero-order chi connectivity index (χ0) is 14.7. The predicted octanol–water partition coefficient (Wildman–Crippen LogP) is 4.06. The van der Waals surface area contributed by atoms with Crippen molar-refractivity contribution in [2.45, 2.75) is 24.8 Å². The molecule has 1 aliphatic carbocycles. The molecule has 2 aromatic rings. The van der Waals surface area contributed by atoms with Gasteiger partial charge in [-0.15, -0.1) is 0 Å². The van der Waals surface area contributed by atoms with Crippen molar-refractivity contribution in [2.75, 3.05) is 19.5 Å². The number of anilines is 1. The molecule has 110 valence electrons. The first-order valence-corrected chi connectivity index (χ1v) is 7.33. The van der Waals surface area contributed by atoms with E-state index in [9.17, 15) is 0 Å². The minimum atomic E-state index is 0.535. The van der Waals surface area contributed by atoms with Gasteiger partial charge in [0.15, 0.2) is 0 Å². The summed E-state index contributed by atoms with van der Waals surface area (Å²) < 4.78 is 10.5. The molecule has 1 saturated carbocycles. The third kappa shape index (κ3) is 3.13. The molecule has 21 heavy (non-hydrogen) atoms. The summed E-state index contributed by atoms with van der Waals surface area (Å²) >= 11 is 0. The summed E-state index contributed by atoms with van der Waals surface area (Å²) in [5.74, 6) is 2.46. The highest BCUT2D eigenvalue weighted by molar-refractivity contribution is 5.49. The van der Waals surface area contributed by atoms with Crippen molar-refractivity contribution >= 4 is 5.69 Å². The van der Waals surface area contributed by atoms with Gasteiger partial charge in [-0.3, -0.25) is 0 Å². The van der Waals surface area contributed by atoms with Crippen LogP contribution < -0.4 is 14.8 Å². The van der Waals surface area contributed by atoms with Gasteiger partial charge >= 0.3 is 0 Å². The Kier molecular flexibility index (Phi) is 4.00. The monoisotopic (exact) mass is 283 g/mol. The van der Waals surface area contributed by atoms with Crippen LogP contribution in [0.1, 0.15) is 24.3 Å². The molecule has 0 aromatic heterocycles. The molecule has 0 radical (unpaired) electrons. The largest absolute Gasteiger partial charge is 0.497 e. The summed E-state index contributed by atoms with van der Waals surface area (Å²) in [4.78, 5) is 0. The van der Waals surface area contributed by atoms with E-state index < -0.39 is 0 Å². The molecule has 0 amide bonds. The molecular formula is C18H21NO2. The normalized spacial score (nSPS) is 20.5. The van der Waals surface area contributed by atoms with Gasteiger partial charge in [0.05, 0.1) is 14.2 Å². The van der Waals surface area contributed by atoms with Crippen LogP contribution in [0, 0.1) is 0 Å². The van der Waals surface area contributed by atoms with Gasteiger partial charge in [-0.05, 0) is 48.6 Å². The van der Waals surface area contributed by atoms with E-state index in [1.165, 1.54) is 5.56 Å². The second kappa shape index (κ2) is 6.08. The van der Waals surface area contributed by atoms with Crippen LogP contribution in [0.5, 0.6) is 11.5 Å². The number of rotatable bonds is 5. The van der Waals surface area contributed by atoms with Gasteiger partial charge in [-0.2, -0.15) is 0 Å². The first kappa shape index (κ1) is 13.8. The standard InChI is InChI=1S/C18H21NO2/c1-20-17-7-3-5-13(11-17)14-9-16(10-14)19-15-6-4-8-18(12-15)21-2/h3-8,11-12,14,16,19H,9-10H2,1-2H3. The second-order valence-corrected chi connectivity index (χ2v) is 5.52. The van der Waals surface area contributed by atoms with Crippen LogP contribution >= 0.6 is 0 Å². The Bertz CT molecular complexity index is 606. The molecule has 1 fully saturated rings. The maximum atomic E-state index is 5.29. The second-order valence-electron chi connectivity index (χ2n) is 5.52. The summed E-state index contributed by atoms with van der Waals surface area (Å²) in [6.07, 6.45) is 2.31. The lowest BCUT2D eigenvalue weighted by molar-refractivity contribution is 0.370. The highest BCUT2D eigenvalue weighted by atomic mass is 16.5. The van der Waals surface area contributed by atoms with Crippen molar-refractivity contribution in [1.82, 2.24) is 0 Å². The molecule has 0 heterocycles. The van der Waals surface area contributed by atoms with Crippen molar-refractivity contribution in [3.8, 4) is 11.5 Å². The molecule has 0 bridgehead atoms. The molecule has 0 spiro atoms. The third-order valence-corrected chi connectivity index (χ3v) is 4.14. The van der Waals surface area contributed by atoms with Crippen LogP contribution in [0.25, 0.3) is 0 Å². The van der Waals surface area contributed by atoms with Crippen LogP contribution in [0.15, 0.2) is 48.5 Å². The SMILES string of the molecule is COc1cccc(NC2CC(c3cccc(OC)c3)C2)c1. The van der Waals surface area contributed by atoms with E-state index in [0.717, 1.165) is 30.0 Å². The molecule has 0 atom stereocenters. The maximum absolute atomic E-state index is 5.29. The van der Waals surface area contributed by atoms with Crippen molar-refractivity contribution in [1.29, 1.82) is 0 Å². The van der Waals surface area contributed by atoms with E-state index in [1.807, 2.05) is 24.3 Å². The lowest BCUT2D eigenvalue weighted by atomic mass is 9.76. The fourth-order valence-electron chi connectivity index (χ4n) is 2.85. The highest BCUT2D eigenvalue weighted by Crippen LogP contribution is 2.39. The van der Waals surface area contributed by atoms with Crippen LogP contribution in [-0.2, 0) is 0 Å². The topological polar surface area (TPSA) is 30.5 Å². The molecule has 0 saturated heterocycles. The van der Waals surface area contributed by atoms with E-state index in [2.05, 4.69) is 29.6 Å². The smallest absolute Gasteiger partial charge is 0.120 e. The lowest BCUT2D eigenvalue weighted by Gasteiger charge is -2.37. The summed E-state index contributed by atoms with van der Waals surface area (Å²) in [6.45, 7) is 0. The van der Waals surface area contributed by atoms with Crippen LogP contribution in [-0.4, -0.2) is 20.3 Å². The molecule has 2 aromatic carbocycles. The summed E-state index contributed by atoms with van der Waals surface area (Å²) in [6, 6.07) is 17.0. The van der Waals surface area contributed by atoms with Gasteiger partial charge in [0.2, 0.25) is 0 Å². The quantitative estimate of drug-likeness (QED) is 0.897. The maximum Gasteiger partial charge on any atom is 0.120 e. The van der Waals surface area contributed by atoms with E-state index >= 15 is 0 Å². The molecule has 0 unspecified atom stereocenters. The summed E-state index contributed by atoms with van der Waals surface area (Å²) in [5, 5.41) is 3.57. The van der Waals surface area contributed by atoms with Crippen molar-refractivity contribution in [3.05, 3.63) is 54.1 Å². The summed E-state index contributed by atoms with van der Waals surface area (Å²) in [7, 11) is 3.41. The Morgan fingerprint density at radius 2 is 1.57 bits per heavy atom. The average Bonchev–Trinajstić information content (AvgIpc) is 2.50. The summed E-state index contributed by atoms with van der Waals surface area (Å²) in [5.41, 5.74) is 2.50. The number of methoxy groups -OCH3 is 2. The molecule has 3 nitrogen and oxygen atoms in total. The highest BCUT2D eigenvalue weighted by Gasteiger charge is 2.30. The Hall–Kier alpha value is -2.16. The van der Waals surface area contributed by atoms with E-state index in [4.69, 9.17) is 9.47 Å². The molecule has 0 aliphatic heterocycles. The zero-order valence-electron chi connectivity index (χ0n) is 12.5. The Morgan fingerprint density at radius 1 is 0.905 bits per heavy atom. The van der Waals surface area contributed by atoms with E-state index in [0.29, 0.717) is 12.0 Å². The van der Waals surface area contributed by atoms with Gasteiger partial charge in [0, 0.05) is 17.8 Å². The number of ether oxygens (including phenoxy) is 2. The van der Waals surface area contributed by atoms with Crippen molar-refractivity contribution < 1.29 is 9.47 Å². The Morgan fingerprint density at radius 3 is 2.29 bits per heavy atom. The Labute approximate surface area is 125 Å². The fourth-order valence-corrected chi connectivity index (χ4v) is 2.85.